The van der Waals surface area contributed by atoms with Crippen LogP contribution in [-0.2, 0) is 6.42 Å². The Balaban J connectivity index is 2.30. The summed E-state index contributed by atoms with van der Waals surface area (Å²) in [6.45, 7) is 1.46. The van der Waals surface area contributed by atoms with Gasteiger partial charge < -0.3 is 36.2 Å². The van der Waals surface area contributed by atoms with Gasteiger partial charge in [0.1, 0.15) is 12.2 Å². The minimum Gasteiger partial charge on any atom is -0.396 e. The molecule has 0 heterocycles. The second kappa shape index (κ2) is 11.9. The van der Waals surface area contributed by atoms with Crippen molar-refractivity contribution in [3.63, 3.8) is 0 Å². The lowest BCUT2D eigenvalue weighted by Gasteiger charge is -2.26. The fraction of sp³-hybridized carbons (Fsp3) is 0.417. The normalized spacial score (nSPS) is 14.8. The molecule has 0 saturated heterocycles. The number of hydrogen-bond acceptors (Lipinski definition) is 7. The summed E-state index contributed by atoms with van der Waals surface area (Å²) in [5.74, 6) is -0.649. The van der Waals surface area contributed by atoms with E-state index < -0.39 is 24.4 Å². The van der Waals surface area contributed by atoms with Crippen LogP contribution in [0, 0.1) is 6.92 Å². The van der Waals surface area contributed by atoms with Crippen molar-refractivity contribution < 1.29 is 35.1 Å². The zero-order chi connectivity index (χ0) is 24.7. The van der Waals surface area contributed by atoms with E-state index in [9.17, 15) is 30.0 Å². The molecule has 0 bridgehead atoms. The first-order valence-corrected chi connectivity index (χ1v) is 10.6. The third kappa shape index (κ3) is 6.59. The maximum atomic E-state index is 12.2. The Morgan fingerprint density at radius 3 is 1.85 bits per heavy atom. The molecule has 0 aliphatic heterocycles. The van der Waals surface area contributed by atoms with Crippen molar-refractivity contribution in [3.05, 3.63) is 58.7 Å². The van der Waals surface area contributed by atoms with Crippen molar-refractivity contribution in [3.8, 4) is 11.1 Å². The van der Waals surface area contributed by atoms with E-state index in [1.807, 2.05) is 13.0 Å². The highest BCUT2D eigenvalue weighted by molar-refractivity contribution is 6.01. The van der Waals surface area contributed by atoms with E-state index >= 15 is 0 Å². The summed E-state index contributed by atoms with van der Waals surface area (Å²) in [6, 6.07) is 10.2. The first-order valence-electron chi connectivity index (χ1n) is 10.6. The first-order chi connectivity index (χ1) is 15.6. The molecule has 0 aromatic heterocycles. The van der Waals surface area contributed by atoms with Crippen LogP contribution in [0.25, 0.3) is 11.1 Å². The standard InChI is InChI=1S/C24H32N2O7/c1-13-8-15(16-9-17(23(32)25-2)11-18(10-16)24(33)26-3)5-4-14(13)12-20(29)22(31)21(30)19(28)6-7-27/h4-5,8-11,19-22,27-31H,6-7,12H2,1-3H3,(H,25,32)(H,26,33). The van der Waals surface area contributed by atoms with Gasteiger partial charge in [0.05, 0.1) is 12.2 Å². The number of benzene rings is 2. The van der Waals surface area contributed by atoms with Crippen molar-refractivity contribution in [2.75, 3.05) is 20.7 Å². The molecule has 0 aliphatic carbocycles. The molecule has 0 radical (unpaired) electrons. The van der Waals surface area contributed by atoms with E-state index in [0.717, 1.165) is 11.1 Å². The largest absolute Gasteiger partial charge is 0.396 e. The summed E-state index contributed by atoms with van der Waals surface area (Å²) < 4.78 is 0. The van der Waals surface area contributed by atoms with Gasteiger partial charge in [0, 0.05) is 38.2 Å². The van der Waals surface area contributed by atoms with E-state index in [1.165, 1.54) is 20.2 Å². The summed E-state index contributed by atoms with van der Waals surface area (Å²) in [4.78, 5) is 24.3. The number of hydrogen-bond donors (Lipinski definition) is 7. The molecule has 0 saturated carbocycles. The van der Waals surface area contributed by atoms with Crippen molar-refractivity contribution >= 4 is 11.8 Å². The average molecular weight is 461 g/mol. The lowest BCUT2D eigenvalue weighted by atomic mass is 9.92. The Morgan fingerprint density at radius 2 is 1.36 bits per heavy atom. The van der Waals surface area contributed by atoms with Crippen LogP contribution in [0.2, 0.25) is 0 Å². The Labute approximate surface area is 192 Å². The van der Waals surface area contributed by atoms with Crippen LogP contribution in [-0.4, -0.2) is 82.5 Å². The fourth-order valence-electron chi connectivity index (χ4n) is 3.55. The molecule has 0 aliphatic rings. The molecule has 7 N–H and O–H groups in total. The minimum absolute atomic E-state index is 0.0257. The molecule has 9 heteroatoms. The monoisotopic (exact) mass is 460 g/mol. The van der Waals surface area contributed by atoms with E-state index in [4.69, 9.17) is 5.11 Å². The summed E-state index contributed by atoms with van der Waals surface area (Å²) in [5.41, 5.74) is 3.58. The minimum atomic E-state index is -1.60. The van der Waals surface area contributed by atoms with Crippen molar-refractivity contribution in [1.29, 1.82) is 0 Å². The van der Waals surface area contributed by atoms with Gasteiger partial charge in [-0.15, -0.1) is 0 Å². The van der Waals surface area contributed by atoms with Crippen LogP contribution in [0.5, 0.6) is 0 Å². The average Bonchev–Trinajstić information content (AvgIpc) is 2.82. The number of rotatable bonds is 10. The zero-order valence-electron chi connectivity index (χ0n) is 18.9. The van der Waals surface area contributed by atoms with Crippen LogP contribution in [0.4, 0.5) is 0 Å². The van der Waals surface area contributed by atoms with Gasteiger partial charge in [0.2, 0.25) is 0 Å². The van der Waals surface area contributed by atoms with Crippen molar-refractivity contribution in [2.24, 2.45) is 0 Å². The van der Waals surface area contributed by atoms with Gasteiger partial charge in [0.15, 0.2) is 0 Å². The van der Waals surface area contributed by atoms with Crippen molar-refractivity contribution in [2.45, 2.75) is 44.2 Å². The third-order valence-electron chi connectivity index (χ3n) is 5.58. The Kier molecular flexibility index (Phi) is 9.51. The number of aliphatic hydroxyl groups excluding tert-OH is 5. The highest BCUT2D eigenvalue weighted by Crippen LogP contribution is 2.26. The van der Waals surface area contributed by atoms with Crippen LogP contribution >= 0.6 is 0 Å². The molecule has 9 nitrogen and oxygen atoms in total. The molecular weight excluding hydrogens is 428 g/mol. The fourth-order valence-corrected chi connectivity index (χ4v) is 3.55. The topological polar surface area (TPSA) is 159 Å². The quantitative estimate of drug-likeness (QED) is 0.257. The predicted octanol–water partition coefficient (Wildman–Crippen LogP) is -0.250. The number of amides is 2. The molecule has 4 atom stereocenters. The second-order valence-corrected chi connectivity index (χ2v) is 7.93. The highest BCUT2D eigenvalue weighted by atomic mass is 16.4. The predicted molar refractivity (Wildman–Crippen MR) is 123 cm³/mol. The van der Waals surface area contributed by atoms with Gasteiger partial charge in [-0.1, -0.05) is 18.2 Å². The summed E-state index contributed by atoms with van der Waals surface area (Å²) >= 11 is 0. The molecular formula is C24H32N2O7. The zero-order valence-corrected chi connectivity index (χ0v) is 18.9. The van der Waals surface area contributed by atoms with E-state index in [0.29, 0.717) is 22.3 Å². The van der Waals surface area contributed by atoms with E-state index in [-0.39, 0.29) is 31.3 Å². The number of carbonyl (C=O) groups is 2. The molecule has 2 aromatic carbocycles. The van der Waals surface area contributed by atoms with Crippen LogP contribution in [0.1, 0.15) is 38.3 Å². The molecule has 180 valence electrons. The van der Waals surface area contributed by atoms with E-state index in [1.54, 1.807) is 24.3 Å². The van der Waals surface area contributed by atoms with Gasteiger partial charge in [-0.3, -0.25) is 9.59 Å². The Bertz CT molecular complexity index is 945. The molecule has 0 spiro atoms. The second-order valence-electron chi connectivity index (χ2n) is 7.93. The lowest BCUT2D eigenvalue weighted by Crippen LogP contribution is -2.45. The summed E-state index contributed by atoms with van der Waals surface area (Å²) in [7, 11) is 3.01. The maximum Gasteiger partial charge on any atom is 0.251 e. The molecule has 2 aromatic rings. The lowest BCUT2D eigenvalue weighted by molar-refractivity contribution is -0.108. The number of nitrogens with one attached hydrogen (secondary N) is 2. The molecule has 2 rings (SSSR count). The van der Waals surface area contributed by atoms with Gasteiger partial charge in [-0.05, 0) is 53.8 Å². The molecule has 0 fully saturated rings. The van der Waals surface area contributed by atoms with Gasteiger partial charge in [-0.25, -0.2) is 0 Å². The Morgan fingerprint density at radius 1 is 0.818 bits per heavy atom. The molecule has 2 amide bonds. The number of carbonyl (C=O) groups excluding carboxylic acids is 2. The van der Waals surface area contributed by atoms with Gasteiger partial charge in [0.25, 0.3) is 11.8 Å². The molecule has 33 heavy (non-hydrogen) atoms. The van der Waals surface area contributed by atoms with Crippen LogP contribution < -0.4 is 10.6 Å². The SMILES string of the molecule is CNC(=O)c1cc(C(=O)NC)cc(-c2ccc(CC(O)C(O)C(O)C(O)CCO)c(C)c2)c1. The van der Waals surface area contributed by atoms with Crippen molar-refractivity contribution in [1.82, 2.24) is 10.6 Å². The van der Waals surface area contributed by atoms with E-state index in [2.05, 4.69) is 10.6 Å². The Hall–Kier alpha value is -2.82. The molecule has 4 unspecified atom stereocenters. The number of aliphatic hydroxyl groups is 5. The third-order valence-corrected chi connectivity index (χ3v) is 5.58. The maximum absolute atomic E-state index is 12.2. The summed E-state index contributed by atoms with van der Waals surface area (Å²) in [5, 5.41) is 54.2. The first kappa shape index (κ1) is 26.4. The number of aryl methyl sites for hydroxylation is 1. The summed E-state index contributed by atoms with van der Waals surface area (Å²) in [6.07, 6.45) is -5.98. The van der Waals surface area contributed by atoms with Crippen LogP contribution in [0.3, 0.4) is 0 Å². The van der Waals surface area contributed by atoms with Gasteiger partial charge in [-0.2, -0.15) is 0 Å². The smallest absolute Gasteiger partial charge is 0.251 e. The highest BCUT2D eigenvalue weighted by Gasteiger charge is 2.30. The van der Waals surface area contributed by atoms with Gasteiger partial charge >= 0.3 is 0 Å². The van der Waals surface area contributed by atoms with Crippen LogP contribution in [0.15, 0.2) is 36.4 Å².